The molecule has 9 heteroatoms. The van der Waals surface area contributed by atoms with Gasteiger partial charge in [0.15, 0.2) is 0 Å². The lowest BCUT2D eigenvalue weighted by Crippen LogP contribution is -2.37. The Bertz CT molecular complexity index is 1220. The highest BCUT2D eigenvalue weighted by Gasteiger charge is 2.27. The maximum Gasteiger partial charge on any atom is 0.423 e. The van der Waals surface area contributed by atoms with Gasteiger partial charge in [-0.05, 0) is 42.0 Å². The topological polar surface area (TPSA) is 104 Å². The highest BCUT2D eigenvalue weighted by atomic mass is 35.5. The monoisotopic (exact) mass is 487 g/mol. The maximum absolute atomic E-state index is 13.4. The molecule has 2 aromatic carbocycles. The van der Waals surface area contributed by atoms with Crippen molar-refractivity contribution >= 4 is 41.1 Å². The van der Waals surface area contributed by atoms with E-state index in [2.05, 4.69) is 0 Å². The lowest BCUT2D eigenvalue weighted by atomic mass is 9.95. The van der Waals surface area contributed by atoms with Crippen LogP contribution in [0.2, 0.25) is 0 Å². The average molecular weight is 488 g/mol. The average Bonchev–Trinajstić information content (AvgIpc) is 2.81. The van der Waals surface area contributed by atoms with Crippen molar-refractivity contribution in [3.05, 3.63) is 64.6 Å². The number of ether oxygens (including phenoxy) is 2. The maximum atomic E-state index is 13.4. The van der Waals surface area contributed by atoms with E-state index in [9.17, 15) is 14.4 Å². The summed E-state index contributed by atoms with van der Waals surface area (Å²) in [5.74, 6) is 0.229. The van der Waals surface area contributed by atoms with Crippen LogP contribution >= 0.6 is 12.4 Å². The molecule has 3 rings (SSSR count). The first kappa shape index (κ1) is 26.9. The summed E-state index contributed by atoms with van der Waals surface area (Å²) in [4.78, 5) is 39.2. The number of rotatable bonds is 6. The third-order valence-electron chi connectivity index (χ3n) is 5.23. The molecule has 0 atom stereocenters. The number of carbonyl (C=O) groups excluding carboxylic acids is 2. The van der Waals surface area contributed by atoms with Crippen LogP contribution in [0.4, 0.5) is 15.3 Å². The minimum Gasteiger partial charge on any atom is -0.452 e. The first-order valence-electron chi connectivity index (χ1n) is 10.8. The lowest BCUT2D eigenvalue weighted by Gasteiger charge is -2.23. The van der Waals surface area contributed by atoms with Crippen molar-refractivity contribution in [3.8, 4) is 11.1 Å². The Balaban J connectivity index is 0.00000408. The van der Waals surface area contributed by atoms with Gasteiger partial charge < -0.3 is 19.8 Å². The van der Waals surface area contributed by atoms with E-state index in [-0.39, 0.29) is 42.7 Å². The van der Waals surface area contributed by atoms with Crippen LogP contribution in [0.25, 0.3) is 21.9 Å². The predicted octanol–water partition coefficient (Wildman–Crippen LogP) is 4.93. The van der Waals surface area contributed by atoms with Crippen LogP contribution in [0.3, 0.4) is 0 Å². The SMILES string of the molecule is CCOC(=O)N(C(=O)OC)c1ccc2c(=O)n(CC(C)C)c(CN)c(-c3ccccc3)c2c1.Cl. The van der Waals surface area contributed by atoms with Gasteiger partial charge in [-0.3, -0.25) is 4.79 Å². The molecule has 2 N–H and O–H groups in total. The van der Waals surface area contributed by atoms with Crippen LogP contribution in [0.1, 0.15) is 26.5 Å². The summed E-state index contributed by atoms with van der Waals surface area (Å²) < 4.78 is 11.6. The number of aromatic nitrogens is 1. The third kappa shape index (κ3) is 5.24. The summed E-state index contributed by atoms with van der Waals surface area (Å²) in [5, 5.41) is 1.05. The number of benzene rings is 2. The van der Waals surface area contributed by atoms with Crippen molar-refractivity contribution in [2.75, 3.05) is 18.6 Å². The summed E-state index contributed by atoms with van der Waals surface area (Å²) in [6, 6.07) is 14.4. The number of pyridine rings is 1. The van der Waals surface area contributed by atoms with E-state index in [1.807, 2.05) is 44.2 Å². The highest BCUT2D eigenvalue weighted by Crippen LogP contribution is 2.33. The van der Waals surface area contributed by atoms with Gasteiger partial charge in [0, 0.05) is 29.7 Å². The Hall–Kier alpha value is -3.36. The second-order valence-electron chi connectivity index (χ2n) is 7.94. The minimum atomic E-state index is -0.888. The molecular weight excluding hydrogens is 458 g/mol. The van der Waals surface area contributed by atoms with E-state index in [0.29, 0.717) is 23.0 Å². The molecule has 0 spiro atoms. The molecule has 1 aromatic heterocycles. The number of nitrogens with zero attached hydrogens (tertiary/aromatic N) is 2. The summed E-state index contributed by atoms with van der Waals surface area (Å²) >= 11 is 0. The number of imide groups is 1. The second kappa shape index (κ2) is 11.7. The van der Waals surface area contributed by atoms with Crippen LogP contribution in [-0.4, -0.2) is 30.5 Å². The zero-order valence-electron chi connectivity index (χ0n) is 19.7. The van der Waals surface area contributed by atoms with E-state index >= 15 is 0 Å². The number of methoxy groups -OCH3 is 1. The predicted molar refractivity (Wildman–Crippen MR) is 136 cm³/mol. The Morgan fingerprint density at radius 1 is 1.06 bits per heavy atom. The van der Waals surface area contributed by atoms with Crippen LogP contribution < -0.4 is 16.2 Å². The molecule has 0 fully saturated rings. The van der Waals surface area contributed by atoms with Gasteiger partial charge in [0.1, 0.15) is 0 Å². The Labute approximate surface area is 204 Å². The van der Waals surface area contributed by atoms with Gasteiger partial charge in [0.05, 0.1) is 19.4 Å². The second-order valence-corrected chi connectivity index (χ2v) is 7.94. The molecule has 0 saturated heterocycles. The molecule has 0 radical (unpaired) electrons. The first-order valence-corrected chi connectivity index (χ1v) is 10.8. The van der Waals surface area contributed by atoms with E-state index < -0.39 is 12.2 Å². The largest absolute Gasteiger partial charge is 0.452 e. The van der Waals surface area contributed by atoms with Gasteiger partial charge in [-0.15, -0.1) is 12.4 Å². The molecule has 182 valence electrons. The molecule has 3 aromatic rings. The summed E-state index contributed by atoms with van der Waals surface area (Å²) in [6.45, 7) is 6.47. The fourth-order valence-electron chi connectivity index (χ4n) is 3.89. The number of amides is 2. The lowest BCUT2D eigenvalue weighted by molar-refractivity contribution is 0.148. The van der Waals surface area contributed by atoms with Crippen molar-refractivity contribution < 1.29 is 19.1 Å². The number of fused-ring (bicyclic) bond motifs is 1. The molecule has 8 nitrogen and oxygen atoms in total. The molecule has 0 aliphatic rings. The smallest absolute Gasteiger partial charge is 0.423 e. The summed E-state index contributed by atoms with van der Waals surface area (Å²) in [6.07, 6.45) is -1.75. The minimum absolute atomic E-state index is 0. The Morgan fingerprint density at radius 2 is 1.74 bits per heavy atom. The number of anilines is 1. The molecule has 1 heterocycles. The molecule has 0 bridgehead atoms. The highest BCUT2D eigenvalue weighted by molar-refractivity contribution is 6.11. The van der Waals surface area contributed by atoms with Crippen molar-refractivity contribution in [1.82, 2.24) is 4.57 Å². The Morgan fingerprint density at radius 3 is 2.29 bits per heavy atom. The first-order chi connectivity index (χ1) is 15.8. The van der Waals surface area contributed by atoms with Crippen molar-refractivity contribution in [2.45, 2.75) is 33.9 Å². The van der Waals surface area contributed by atoms with E-state index in [1.165, 1.54) is 13.2 Å². The zero-order chi connectivity index (χ0) is 24.1. The van der Waals surface area contributed by atoms with Gasteiger partial charge in [-0.1, -0.05) is 44.2 Å². The number of hydrogen-bond acceptors (Lipinski definition) is 6. The van der Waals surface area contributed by atoms with Gasteiger partial charge >= 0.3 is 12.2 Å². The fourth-order valence-corrected chi connectivity index (χ4v) is 3.89. The molecular formula is C25H30ClN3O5. The Kier molecular flexibility index (Phi) is 9.23. The number of carbonyl (C=O) groups is 2. The molecule has 34 heavy (non-hydrogen) atoms. The van der Waals surface area contributed by atoms with Crippen LogP contribution in [0, 0.1) is 5.92 Å². The van der Waals surface area contributed by atoms with Crippen LogP contribution in [0.15, 0.2) is 53.3 Å². The van der Waals surface area contributed by atoms with E-state index in [1.54, 1.807) is 23.6 Å². The molecule has 2 amide bonds. The van der Waals surface area contributed by atoms with Crippen LogP contribution in [-0.2, 0) is 22.6 Å². The summed E-state index contributed by atoms with van der Waals surface area (Å²) in [5.41, 5.74) is 8.56. The van der Waals surface area contributed by atoms with Crippen LogP contribution in [0.5, 0.6) is 0 Å². The van der Waals surface area contributed by atoms with Gasteiger partial charge in [0.2, 0.25) is 0 Å². The fraction of sp³-hybridized carbons (Fsp3) is 0.320. The number of nitrogens with two attached hydrogens (primary N) is 1. The molecule has 0 aliphatic carbocycles. The van der Waals surface area contributed by atoms with Gasteiger partial charge in [-0.2, -0.15) is 4.90 Å². The quantitative estimate of drug-likeness (QED) is 0.528. The van der Waals surface area contributed by atoms with Crippen molar-refractivity contribution in [2.24, 2.45) is 11.7 Å². The van der Waals surface area contributed by atoms with Gasteiger partial charge in [-0.25, -0.2) is 9.59 Å². The third-order valence-corrected chi connectivity index (χ3v) is 5.23. The van der Waals surface area contributed by atoms with E-state index in [4.69, 9.17) is 15.2 Å². The molecule has 0 aliphatic heterocycles. The number of hydrogen-bond donors (Lipinski definition) is 1. The standard InChI is InChI=1S/C25H29N3O5.ClH/c1-5-33-25(31)28(24(30)32-4)18-11-12-19-20(13-18)22(17-9-7-6-8-10-17)21(14-26)27(23(19)29)15-16(2)3;/h6-13,16H,5,14-15,26H2,1-4H3;1H. The number of halogens is 1. The zero-order valence-corrected chi connectivity index (χ0v) is 20.6. The normalized spacial score (nSPS) is 10.6. The molecule has 0 saturated carbocycles. The summed E-state index contributed by atoms with van der Waals surface area (Å²) in [7, 11) is 1.18. The molecule has 0 unspecified atom stereocenters. The van der Waals surface area contributed by atoms with E-state index in [0.717, 1.165) is 16.0 Å². The van der Waals surface area contributed by atoms with Crippen molar-refractivity contribution in [3.63, 3.8) is 0 Å². The van der Waals surface area contributed by atoms with Gasteiger partial charge in [0.25, 0.3) is 5.56 Å². The van der Waals surface area contributed by atoms with Crippen molar-refractivity contribution in [1.29, 1.82) is 0 Å².